The molecule has 0 rings (SSSR count). The number of quaternary nitrogens is 1. The van der Waals surface area contributed by atoms with Gasteiger partial charge in [0, 0.05) is 0 Å². The van der Waals surface area contributed by atoms with E-state index in [9.17, 15) is 0 Å². The standard InChI is InChI=1S/H3N.H3O4P.Zr/c;1-5(2,3)4;/h1H3;(H3,1,2,3,4);/q;;+2/p-2. The summed E-state index contributed by atoms with van der Waals surface area (Å²) in [6, 6.07) is 0. The smallest absolute Gasteiger partial charge is 0.822 e. The zero-order valence-electron chi connectivity index (χ0n) is 3.58. The van der Waals surface area contributed by atoms with E-state index in [1.807, 2.05) is 0 Å². The minimum absolute atomic E-state index is 0. The first-order chi connectivity index (χ1) is 2.00. The van der Waals surface area contributed by atoms with Crippen molar-refractivity contribution in [2.75, 3.05) is 0 Å². The molecular formula is H4NO4PZr. The van der Waals surface area contributed by atoms with Crippen LogP contribution in [0.15, 0.2) is 0 Å². The molecule has 0 radical (unpaired) electrons. The molecule has 0 heterocycles. The third kappa shape index (κ3) is 188. The quantitative estimate of drug-likeness (QED) is 0.440. The van der Waals surface area contributed by atoms with Gasteiger partial charge in [-0.1, -0.05) is 0 Å². The van der Waals surface area contributed by atoms with Gasteiger partial charge in [-0.3, -0.25) is 0 Å². The van der Waals surface area contributed by atoms with E-state index in [1.54, 1.807) is 0 Å². The van der Waals surface area contributed by atoms with Crippen LogP contribution < -0.4 is 20.8 Å². The molecule has 0 aliphatic carbocycles. The van der Waals surface area contributed by atoms with E-state index >= 15 is 0 Å². The fourth-order valence-electron chi connectivity index (χ4n) is 0. The van der Waals surface area contributed by atoms with E-state index in [-0.39, 0.29) is 32.4 Å². The molecule has 0 amide bonds. The molecule has 0 aliphatic heterocycles. The van der Waals surface area contributed by atoms with Gasteiger partial charge in [0.25, 0.3) is 0 Å². The van der Waals surface area contributed by atoms with E-state index in [1.165, 1.54) is 0 Å². The van der Waals surface area contributed by atoms with Crippen LogP contribution in [-0.2, 0) is 30.8 Å². The van der Waals surface area contributed by atoms with Crippen LogP contribution in [0.2, 0.25) is 0 Å². The van der Waals surface area contributed by atoms with Crippen molar-refractivity contribution < 1.29 is 45.4 Å². The molecule has 0 saturated heterocycles. The van der Waals surface area contributed by atoms with Crippen molar-refractivity contribution in [2.24, 2.45) is 0 Å². The number of hydrogen-bond donors (Lipinski definition) is 1. The third-order valence-corrected chi connectivity index (χ3v) is 0. The van der Waals surface area contributed by atoms with Gasteiger partial charge in [-0.2, -0.15) is 7.82 Å². The van der Waals surface area contributed by atoms with Crippen molar-refractivity contribution in [3.8, 4) is 0 Å². The summed E-state index contributed by atoms with van der Waals surface area (Å²) < 4.78 is 8.55. The van der Waals surface area contributed by atoms with Gasteiger partial charge in [0.15, 0.2) is 0 Å². The van der Waals surface area contributed by atoms with Gasteiger partial charge in [-0.05, 0) is 0 Å². The molecule has 7 heavy (non-hydrogen) atoms. The van der Waals surface area contributed by atoms with Crippen molar-refractivity contribution in [3.05, 3.63) is 0 Å². The second-order valence-corrected chi connectivity index (χ2v) is 1.34. The molecule has 0 bridgehead atoms. The van der Waals surface area contributed by atoms with Gasteiger partial charge < -0.3 is 25.4 Å². The predicted octanol–water partition coefficient (Wildman–Crippen LogP) is -2.45. The second-order valence-electron chi connectivity index (χ2n) is 0.447. The van der Waals surface area contributed by atoms with E-state index in [4.69, 9.17) is 19.2 Å². The maximum Gasteiger partial charge on any atom is 2.00 e. The van der Waals surface area contributed by atoms with Crippen molar-refractivity contribution >= 4 is 7.82 Å². The Balaban J connectivity index is -0.0000000800. The normalized spacial score (nSPS) is 8.43. The summed E-state index contributed by atoms with van der Waals surface area (Å²) in [6.45, 7) is 0. The monoisotopic (exact) mass is 203 g/mol. The molecule has 5 nitrogen and oxygen atoms in total. The van der Waals surface area contributed by atoms with Crippen molar-refractivity contribution in [3.63, 3.8) is 0 Å². The first-order valence-corrected chi connectivity index (χ1v) is 2.19. The summed E-state index contributed by atoms with van der Waals surface area (Å²) >= 11 is 0. The maximum absolute atomic E-state index is 8.55. The molecule has 0 aromatic carbocycles. The summed E-state index contributed by atoms with van der Waals surface area (Å²) in [4.78, 5) is 25.6. The number of hydrogen-bond acceptors (Lipinski definition) is 4. The fourth-order valence-corrected chi connectivity index (χ4v) is 0. The van der Waals surface area contributed by atoms with E-state index < -0.39 is 7.82 Å². The minimum atomic E-state index is -5.39. The zero-order valence-corrected chi connectivity index (χ0v) is 6.93. The predicted molar refractivity (Wildman–Crippen MR) is 13.6 cm³/mol. The Labute approximate surface area is 59.7 Å². The van der Waals surface area contributed by atoms with Gasteiger partial charge in [0.05, 0.1) is 0 Å². The molecule has 0 aliphatic rings. The Morgan fingerprint density at radius 2 is 1.14 bits per heavy atom. The van der Waals surface area contributed by atoms with Crippen LogP contribution in [0, 0.1) is 0 Å². The summed E-state index contributed by atoms with van der Waals surface area (Å²) in [5.41, 5.74) is 0. The van der Waals surface area contributed by atoms with E-state index in [2.05, 4.69) is 0 Å². The fraction of sp³-hybridized carbons (Fsp3) is 0. The first-order valence-electron chi connectivity index (χ1n) is 0.730. The van der Waals surface area contributed by atoms with E-state index in [0.717, 1.165) is 0 Å². The average molecular weight is 204 g/mol. The molecule has 0 unspecified atom stereocenters. The Morgan fingerprint density at radius 3 is 1.14 bits per heavy atom. The Bertz CT molecular complexity index is 57.8. The molecule has 0 saturated carbocycles. The SMILES string of the molecule is O=P([O-])([O-])[O-].[NH4+].[Zr+2]. The molecule has 0 fully saturated rings. The van der Waals surface area contributed by atoms with Crippen molar-refractivity contribution in [1.29, 1.82) is 0 Å². The van der Waals surface area contributed by atoms with Gasteiger partial charge in [-0.15, -0.1) is 0 Å². The number of rotatable bonds is 0. The molecule has 0 atom stereocenters. The van der Waals surface area contributed by atoms with Crippen molar-refractivity contribution in [2.45, 2.75) is 0 Å². The Kier molecular flexibility index (Phi) is 11.4. The van der Waals surface area contributed by atoms with Crippen molar-refractivity contribution in [1.82, 2.24) is 6.15 Å². The molecule has 7 heteroatoms. The average Bonchev–Trinajstić information content (AvgIpc) is 0.722. The van der Waals surface area contributed by atoms with Gasteiger partial charge >= 0.3 is 26.2 Å². The molecule has 0 aromatic rings. The minimum Gasteiger partial charge on any atom is -0.822 e. The second kappa shape index (κ2) is 5.10. The maximum atomic E-state index is 8.55. The van der Waals surface area contributed by atoms with Crippen LogP contribution in [0.4, 0.5) is 0 Å². The van der Waals surface area contributed by atoms with Crippen LogP contribution in [0.5, 0.6) is 0 Å². The van der Waals surface area contributed by atoms with Crippen LogP contribution in [0.25, 0.3) is 0 Å². The zero-order chi connectivity index (χ0) is 4.50. The molecule has 4 N–H and O–H groups in total. The van der Waals surface area contributed by atoms with Crippen LogP contribution >= 0.6 is 7.82 Å². The Morgan fingerprint density at radius 1 is 1.14 bits per heavy atom. The topological polar surface area (TPSA) is 123 Å². The Hall–Kier alpha value is 0.953. The summed E-state index contributed by atoms with van der Waals surface area (Å²) in [6.07, 6.45) is 0. The van der Waals surface area contributed by atoms with Crippen LogP contribution in [-0.4, -0.2) is 0 Å². The van der Waals surface area contributed by atoms with Gasteiger partial charge in [0.2, 0.25) is 0 Å². The molecule has 0 aromatic heterocycles. The van der Waals surface area contributed by atoms with E-state index in [0.29, 0.717) is 0 Å². The van der Waals surface area contributed by atoms with Gasteiger partial charge in [0.1, 0.15) is 0 Å². The van der Waals surface area contributed by atoms with Crippen LogP contribution in [0.3, 0.4) is 0 Å². The summed E-state index contributed by atoms with van der Waals surface area (Å²) in [5.74, 6) is 0. The first kappa shape index (κ1) is 15.7. The largest absolute Gasteiger partial charge is 2.00 e. The van der Waals surface area contributed by atoms with Gasteiger partial charge in [-0.25, -0.2) is 0 Å². The molecule has 0 spiro atoms. The number of phosphoric acid groups is 1. The molecule has 42 valence electrons. The summed E-state index contributed by atoms with van der Waals surface area (Å²) in [5, 5.41) is 0. The third-order valence-electron chi connectivity index (χ3n) is 0. The molecular weight excluding hydrogens is 200 g/mol. The van der Waals surface area contributed by atoms with Crippen LogP contribution in [0.1, 0.15) is 0 Å². The summed E-state index contributed by atoms with van der Waals surface area (Å²) in [7, 11) is -5.39.